The van der Waals surface area contributed by atoms with Crippen molar-refractivity contribution in [1.82, 2.24) is 9.47 Å². The Morgan fingerprint density at radius 3 is 2.39 bits per heavy atom. The van der Waals surface area contributed by atoms with Crippen molar-refractivity contribution in [2.75, 3.05) is 20.2 Å². The number of benzene rings is 1. The summed E-state index contributed by atoms with van der Waals surface area (Å²) in [6.07, 6.45) is 1.61. The smallest absolute Gasteiger partial charge is 0.354 e. The quantitative estimate of drug-likeness (QED) is 0.448. The molecule has 0 spiro atoms. The van der Waals surface area contributed by atoms with Crippen LogP contribution in [0.5, 0.6) is 0 Å². The van der Waals surface area contributed by atoms with Gasteiger partial charge in [0.2, 0.25) is 5.91 Å². The number of hydrogen-bond donors (Lipinski definition) is 0. The average Bonchev–Trinajstić information content (AvgIpc) is 3.52. The van der Waals surface area contributed by atoms with E-state index in [0.717, 1.165) is 18.5 Å². The van der Waals surface area contributed by atoms with Gasteiger partial charge in [0.1, 0.15) is 5.69 Å². The molecule has 31 heavy (non-hydrogen) atoms. The van der Waals surface area contributed by atoms with E-state index >= 15 is 0 Å². The lowest BCUT2D eigenvalue weighted by Crippen LogP contribution is -2.38. The average molecular weight is 425 g/mol. The molecule has 0 saturated heterocycles. The molecule has 0 unspecified atom stereocenters. The first kappa shape index (κ1) is 22.8. The van der Waals surface area contributed by atoms with Crippen LogP contribution in [0.1, 0.15) is 70.3 Å². The molecular formula is C25H32N2O4. The summed E-state index contributed by atoms with van der Waals surface area (Å²) >= 11 is 0. The van der Waals surface area contributed by atoms with Crippen LogP contribution in [0.25, 0.3) is 0 Å². The molecule has 166 valence electrons. The van der Waals surface area contributed by atoms with Crippen molar-refractivity contribution in [2.45, 2.75) is 53.0 Å². The third-order valence-electron chi connectivity index (χ3n) is 6.22. The summed E-state index contributed by atoms with van der Waals surface area (Å²) in [4.78, 5) is 40.5. The van der Waals surface area contributed by atoms with E-state index in [9.17, 15) is 14.4 Å². The number of carbonyl (C=O) groups is 3. The molecule has 3 rings (SSSR count). The number of amides is 1. The number of ketones is 1. The Balaban J connectivity index is 1.81. The van der Waals surface area contributed by atoms with E-state index < -0.39 is 5.97 Å². The molecule has 1 saturated carbocycles. The summed E-state index contributed by atoms with van der Waals surface area (Å²) in [6, 6.07) is 10.1. The van der Waals surface area contributed by atoms with Crippen LogP contribution in [0.15, 0.2) is 30.3 Å². The van der Waals surface area contributed by atoms with Crippen molar-refractivity contribution < 1.29 is 19.1 Å². The second kappa shape index (κ2) is 9.50. The molecule has 1 heterocycles. The highest BCUT2D eigenvalue weighted by atomic mass is 16.5. The van der Waals surface area contributed by atoms with Crippen LogP contribution in [0.4, 0.5) is 0 Å². The number of esters is 1. The lowest BCUT2D eigenvalue weighted by molar-refractivity contribution is -0.132. The number of hydrogen-bond acceptors (Lipinski definition) is 4. The molecule has 0 N–H and O–H groups in total. The molecule has 1 aromatic carbocycles. The maximum absolute atomic E-state index is 13.3. The number of aromatic nitrogens is 1. The Hall–Kier alpha value is -2.89. The van der Waals surface area contributed by atoms with Gasteiger partial charge < -0.3 is 14.2 Å². The van der Waals surface area contributed by atoms with Gasteiger partial charge in [-0.05, 0) is 50.7 Å². The van der Waals surface area contributed by atoms with Gasteiger partial charge in [-0.25, -0.2) is 4.79 Å². The standard InChI is InChI=1S/C25H32N2O4/c1-6-13-26(24(29)20-14-19(20)18-11-9-8-10-12-18)15-21(28)22-16(3)23(25(30)31-5)27(7-2)17(22)4/h8-12,19-20H,6-7,13-15H2,1-5H3/t19-,20+/m0/s1. The van der Waals surface area contributed by atoms with Crippen LogP contribution >= 0.6 is 0 Å². The van der Waals surface area contributed by atoms with Gasteiger partial charge in [-0.3, -0.25) is 9.59 Å². The van der Waals surface area contributed by atoms with Crippen LogP contribution in [0.3, 0.4) is 0 Å². The summed E-state index contributed by atoms with van der Waals surface area (Å²) in [6.45, 7) is 8.68. The zero-order valence-corrected chi connectivity index (χ0v) is 19.1. The first-order valence-electron chi connectivity index (χ1n) is 11.0. The van der Waals surface area contributed by atoms with E-state index in [1.54, 1.807) is 11.8 Å². The molecule has 1 amide bonds. The van der Waals surface area contributed by atoms with E-state index in [-0.39, 0.29) is 30.1 Å². The number of ether oxygens (including phenoxy) is 1. The van der Waals surface area contributed by atoms with Gasteiger partial charge in [0.05, 0.1) is 13.7 Å². The highest BCUT2D eigenvalue weighted by Gasteiger charge is 2.46. The second-order valence-electron chi connectivity index (χ2n) is 8.21. The van der Waals surface area contributed by atoms with E-state index in [1.165, 1.54) is 12.7 Å². The summed E-state index contributed by atoms with van der Waals surface area (Å²) in [7, 11) is 1.34. The van der Waals surface area contributed by atoms with Gasteiger partial charge >= 0.3 is 5.97 Å². The van der Waals surface area contributed by atoms with Crippen LogP contribution in [0.2, 0.25) is 0 Å². The highest BCUT2D eigenvalue weighted by Crippen LogP contribution is 2.48. The predicted octanol–water partition coefficient (Wildman–Crippen LogP) is 4.14. The molecule has 2 aromatic rings. The Morgan fingerprint density at radius 2 is 1.81 bits per heavy atom. The van der Waals surface area contributed by atoms with E-state index in [1.807, 2.05) is 43.5 Å². The number of methoxy groups -OCH3 is 1. The SMILES string of the molecule is CCCN(CC(=O)c1c(C)c(C(=O)OC)n(CC)c1C)C(=O)[C@@H]1C[C@H]1c1ccccc1. The van der Waals surface area contributed by atoms with Gasteiger partial charge in [-0.2, -0.15) is 0 Å². The van der Waals surface area contributed by atoms with E-state index in [0.29, 0.717) is 29.9 Å². The monoisotopic (exact) mass is 424 g/mol. The van der Waals surface area contributed by atoms with E-state index in [2.05, 4.69) is 12.1 Å². The third-order valence-corrected chi connectivity index (χ3v) is 6.22. The summed E-state index contributed by atoms with van der Waals surface area (Å²) < 4.78 is 6.74. The number of rotatable bonds is 9. The molecule has 1 aromatic heterocycles. The van der Waals surface area contributed by atoms with Crippen molar-refractivity contribution in [3.8, 4) is 0 Å². The van der Waals surface area contributed by atoms with Gasteiger partial charge in [-0.1, -0.05) is 37.3 Å². The highest BCUT2D eigenvalue weighted by molar-refractivity contribution is 6.05. The minimum atomic E-state index is -0.452. The molecule has 1 aliphatic carbocycles. The van der Waals surface area contributed by atoms with Gasteiger partial charge in [0, 0.05) is 30.3 Å². The molecular weight excluding hydrogens is 392 g/mol. The fraction of sp³-hybridized carbons (Fsp3) is 0.480. The predicted molar refractivity (Wildman–Crippen MR) is 119 cm³/mol. The summed E-state index contributed by atoms with van der Waals surface area (Å²) in [5, 5.41) is 0. The number of carbonyl (C=O) groups excluding carboxylic acids is 3. The van der Waals surface area contributed by atoms with Crippen molar-refractivity contribution in [2.24, 2.45) is 5.92 Å². The molecule has 0 radical (unpaired) electrons. The van der Waals surface area contributed by atoms with Gasteiger partial charge in [0.25, 0.3) is 0 Å². The molecule has 0 bridgehead atoms. The van der Waals surface area contributed by atoms with Gasteiger partial charge in [0.15, 0.2) is 5.78 Å². The summed E-state index contributed by atoms with van der Waals surface area (Å²) in [5.74, 6) is -0.367. The topological polar surface area (TPSA) is 68.6 Å². The lowest BCUT2D eigenvalue weighted by atomic mass is 10.0. The fourth-order valence-electron chi connectivity index (χ4n) is 4.62. The number of nitrogens with zero attached hydrogens (tertiary/aromatic N) is 2. The van der Waals surface area contributed by atoms with Crippen LogP contribution in [-0.2, 0) is 16.1 Å². The Labute approximate surface area is 184 Å². The van der Waals surface area contributed by atoms with Gasteiger partial charge in [-0.15, -0.1) is 0 Å². The Bertz CT molecular complexity index is 977. The second-order valence-corrected chi connectivity index (χ2v) is 8.21. The first-order valence-corrected chi connectivity index (χ1v) is 11.0. The van der Waals surface area contributed by atoms with Crippen molar-refractivity contribution in [1.29, 1.82) is 0 Å². The van der Waals surface area contributed by atoms with Crippen LogP contribution in [-0.4, -0.2) is 47.3 Å². The molecule has 0 aliphatic heterocycles. The van der Waals surface area contributed by atoms with Crippen molar-refractivity contribution in [3.63, 3.8) is 0 Å². The molecule has 1 aliphatic rings. The first-order chi connectivity index (χ1) is 14.8. The molecule has 6 heteroatoms. The molecule has 6 nitrogen and oxygen atoms in total. The maximum Gasteiger partial charge on any atom is 0.354 e. The summed E-state index contributed by atoms with van der Waals surface area (Å²) in [5.41, 5.74) is 3.46. The minimum Gasteiger partial charge on any atom is -0.464 e. The van der Waals surface area contributed by atoms with Crippen LogP contribution in [0, 0.1) is 19.8 Å². The lowest BCUT2D eigenvalue weighted by Gasteiger charge is -2.22. The largest absolute Gasteiger partial charge is 0.464 e. The van der Waals surface area contributed by atoms with Crippen LogP contribution < -0.4 is 0 Å². The molecule has 1 fully saturated rings. The fourth-order valence-corrected chi connectivity index (χ4v) is 4.62. The zero-order valence-electron chi connectivity index (χ0n) is 19.1. The van der Waals surface area contributed by atoms with Crippen molar-refractivity contribution >= 4 is 17.7 Å². The van der Waals surface area contributed by atoms with Crippen molar-refractivity contribution in [3.05, 3.63) is 58.4 Å². The Morgan fingerprint density at radius 1 is 1.13 bits per heavy atom. The van der Waals surface area contributed by atoms with E-state index in [4.69, 9.17) is 4.74 Å². The Kier molecular flexibility index (Phi) is 6.98. The maximum atomic E-state index is 13.3. The number of Topliss-reactive ketones (excluding diaryl/α,β-unsaturated/α-hetero) is 1. The molecule has 2 atom stereocenters. The minimum absolute atomic E-state index is 0.0285. The zero-order chi connectivity index (χ0) is 22.7. The third kappa shape index (κ3) is 4.43. The normalized spacial score (nSPS) is 17.3.